The van der Waals surface area contributed by atoms with E-state index in [0.717, 1.165) is 11.7 Å². The Morgan fingerprint density at radius 3 is 2.43 bits per heavy atom. The molecule has 0 saturated heterocycles. The van der Waals surface area contributed by atoms with Crippen molar-refractivity contribution < 1.29 is 4.42 Å². The van der Waals surface area contributed by atoms with E-state index in [0.29, 0.717) is 11.8 Å². The summed E-state index contributed by atoms with van der Waals surface area (Å²) in [7, 11) is 1.90. The van der Waals surface area contributed by atoms with Crippen molar-refractivity contribution in [1.82, 2.24) is 10.3 Å². The third kappa shape index (κ3) is 2.35. The highest BCUT2D eigenvalue weighted by Gasteiger charge is 2.17. The molecule has 0 aromatic carbocycles. The predicted octanol–water partition coefficient (Wildman–Crippen LogP) is 2.71. The first-order chi connectivity index (χ1) is 6.56. The molecule has 1 aromatic rings. The van der Waals surface area contributed by atoms with Crippen LogP contribution in [0.3, 0.4) is 0 Å². The summed E-state index contributed by atoms with van der Waals surface area (Å²) in [5.41, 5.74) is 0. The van der Waals surface area contributed by atoms with Crippen molar-refractivity contribution in [3.8, 4) is 0 Å². The lowest BCUT2D eigenvalue weighted by atomic mass is 9.96. The fraction of sp³-hybridized carbons (Fsp3) is 0.727. The van der Waals surface area contributed by atoms with Gasteiger partial charge in [-0.15, -0.1) is 0 Å². The fourth-order valence-corrected chi connectivity index (χ4v) is 1.16. The summed E-state index contributed by atoms with van der Waals surface area (Å²) in [6.07, 6.45) is 1.84. The second-order valence-electron chi connectivity index (χ2n) is 4.14. The summed E-state index contributed by atoms with van der Waals surface area (Å²) in [5, 5.41) is 3.11. The lowest BCUT2D eigenvalue weighted by Crippen LogP contribution is -2.12. The molecule has 1 aromatic heterocycles. The van der Waals surface area contributed by atoms with Gasteiger partial charge in [0.25, 0.3) is 0 Å². The van der Waals surface area contributed by atoms with Gasteiger partial charge in [0, 0.05) is 5.92 Å². The Hall–Kier alpha value is -0.830. The van der Waals surface area contributed by atoms with Gasteiger partial charge in [0.2, 0.25) is 5.89 Å². The number of oxazole rings is 1. The number of hydrogen-bond donors (Lipinski definition) is 1. The van der Waals surface area contributed by atoms with Crippen molar-refractivity contribution in [2.24, 2.45) is 5.92 Å². The molecular weight excluding hydrogens is 176 g/mol. The van der Waals surface area contributed by atoms with Crippen LogP contribution in [0.15, 0.2) is 10.6 Å². The Kier molecular flexibility index (Phi) is 3.69. The molecule has 1 heterocycles. The van der Waals surface area contributed by atoms with Gasteiger partial charge in [-0.25, -0.2) is 4.98 Å². The minimum absolute atomic E-state index is 0.183. The van der Waals surface area contributed by atoms with Crippen molar-refractivity contribution in [3.05, 3.63) is 17.8 Å². The Morgan fingerprint density at radius 2 is 1.93 bits per heavy atom. The van der Waals surface area contributed by atoms with E-state index in [4.69, 9.17) is 4.42 Å². The molecule has 0 aliphatic heterocycles. The molecule has 0 bridgehead atoms. The summed E-state index contributed by atoms with van der Waals surface area (Å²) in [4.78, 5) is 4.26. The van der Waals surface area contributed by atoms with E-state index < -0.39 is 0 Å². The zero-order chi connectivity index (χ0) is 10.7. The van der Waals surface area contributed by atoms with Crippen LogP contribution >= 0.6 is 0 Å². The summed E-state index contributed by atoms with van der Waals surface area (Å²) in [6.45, 7) is 8.58. The zero-order valence-corrected chi connectivity index (χ0v) is 9.66. The molecular formula is C11H20N2O. The molecule has 0 saturated carbocycles. The highest BCUT2D eigenvalue weighted by atomic mass is 16.4. The van der Waals surface area contributed by atoms with E-state index >= 15 is 0 Å². The largest absolute Gasteiger partial charge is 0.444 e. The van der Waals surface area contributed by atoms with E-state index in [9.17, 15) is 0 Å². The molecule has 14 heavy (non-hydrogen) atoms. The van der Waals surface area contributed by atoms with Crippen molar-refractivity contribution in [2.45, 2.75) is 39.7 Å². The molecule has 80 valence electrons. The predicted molar refractivity (Wildman–Crippen MR) is 57.2 cm³/mol. The summed E-state index contributed by atoms with van der Waals surface area (Å²) >= 11 is 0. The fourth-order valence-electron chi connectivity index (χ4n) is 1.16. The van der Waals surface area contributed by atoms with E-state index in [-0.39, 0.29) is 6.04 Å². The van der Waals surface area contributed by atoms with Gasteiger partial charge in [-0.05, 0) is 19.9 Å². The SMILES string of the molecule is CNC(C)c1ncc(C(C)C(C)C)o1. The molecule has 3 heteroatoms. The molecule has 0 aliphatic carbocycles. The van der Waals surface area contributed by atoms with E-state index in [1.165, 1.54) is 0 Å². The number of rotatable bonds is 4. The maximum atomic E-state index is 5.69. The van der Waals surface area contributed by atoms with Gasteiger partial charge in [0.1, 0.15) is 5.76 Å². The van der Waals surface area contributed by atoms with Crippen LogP contribution in [0, 0.1) is 5.92 Å². The minimum atomic E-state index is 0.183. The maximum absolute atomic E-state index is 5.69. The molecule has 0 radical (unpaired) electrons. The van der Waals surface area contributed by atoms with Crippen molar-refractivity contribution >= 4 is 0 Å². The van der Waals surface area contributed by atoms with Gasteiger partial charge in [-0.1, -0.05) is 20.8 Å². The Morgan fingerprint density at radius 1 is 1.29 bits per heavy atom. The Bertz CT molecular complexity index is 281. The number of aromatic nitrogens is 1. The van der Waals surface area contributed by atoms with Gasteiger partial charge >= 0.3 is 0 Å². The van der Waals surface area contributed by atoms with Crippen LogP contribution in [0.1, 0.15) is 51.3 Å². The van der Waals surface area contributed by atoms with Crippen LogP contribution in [-0.4, -0.2) is 12.0 Å². The van der Waals surface area contributed by atoms with E-state index in [2.05, 4.69) is 31.1 Å². The second-order valence-corrected chi connectivity index (χ2v) is 4.14. The van der Waals surface area contributed by atoms with Crippen LogP contribution in [0.5, 0.6) is 0 Å². The first-order valence-electron chi connectivity index (χ1n) is 5.19. The first-order valence-corrected chi connectivity index (χ1v) is 5.19. The monoisotopic (exact) mass is 196 g/mol. The van der Waals surface area contributed by atoms with Crippen molar-refractivity contribution in [2.75, 3.05) is 7.05 Å². The molecule has 0 amide bonds. The normalized spacial score (nSPS) is 15.9. The van der Waals surface area contributed by atoms with Crippen molar-refractivity contribution in [1.29, 1.82) is 0 Å². The van der Waals surface area contributed by atoms with Gasteiger partial charge in [-0.3, -0.25) is 0 Å². The molecule has 1 rings (SSSR count). The molecule has 3 nitrogen and oxygen atoms in total. The van der Waals surface area contributed by atoms with Gasteiger partial charge in [0.15, 0.2) is 0 Å². The molecule has 0 spiro atoms. The lowest BCUT2D eigenvalue weighted by Gasteiger charge is -2.11. The van der Waals surface area contributed by atoms with Crippen LogP contribution in [0.2, 0.25) is 0 Å². The molecule has 2 unspecified atom stereocenters. The average Bonchev–Trinajstić information content (AvgIpc) is 2.64. The first kappa shape index (κ1) is 11.2. The quantitative estimate of drug-likeness (QED) is 0.804. The lowest BCUT2D eigenvalue weighted by molar-refractivity contribution is 0.365. The standard InChI is InChI=1S/C11H20N2O/c1-7(2)8(3)10-6-13-11(14-10)9(4)12-5/h6-9,12H,1-5H3. The zero-order valence-electron chi connectivity index (χ0n) is 9.66. The Balaban J connectivity index is 2.77. The molecule has 2 atom stereocenters. The smallest absolute Gasteiger partial charge is 0.211 e. The van der Waals surface area contributed by atoms with Crippen LogP contribution in [0.4, 0.5) is 0 Å². The topological polar surface area (TPSA) is 38.1 Å². The van der Waals surface area contributed by atoms with Crippen LogP contribution in [0.25, 0.3) is 0 Å². The molecule has 1 N–H and O–H groups in total. The maximum Gasteiger partial charge on any atom is 0.211 e. The summed E-state index contributed by atoms with van der Waals surface area (Å²) < 4.78 is 5.69. The number of hydrogen-bond acceptors (Lipinski definition) is 3. The van der Waals surface area contributed by atoms with Crippen LogP contribution in [-0.2, 0) is 0 Å². The third-order valence-electron chi connectivity index (χ3n) is 2.79. The highest BCUT2D eigenvalue weighted by molar-refractivity contribution is 5.03. The molecule has 0 aliphatic rings. The summed E-state index contributed by atoms with van der Waals surface area (Å²) in [5.74, 6) is 2.77. The highest BCUT2D eigenvalue weighted by Crippen LogP contribution is 2.25. The summed E-state index contributed by atoms with van der Waals surface area (Å²) in [6, 6.07) is 0.183. The molecule has 0 fully saturated rings. The van der Waals surface area contributed by atoms with Gasteiger partial charge < -0.3 is 9.73 Å². The van der Waals surface area contributed by atoms with Crippen LogP contribution < -0.4 is 5.32 Å². The third-order valence-corrected chi connectivity index (χ3v) is 2.79. The van der Waals surface area contributed by atoms with E-state index in [1.807, 2.05) is 20.2 Å². The van der Waals surface area contributed by atoms with Crippen molar-refractivity contribution in [3.63, 3.8) is 0 Å². The number of nitrogens with one attached hydrogen (secondary N) is 1. The minimum Gasteiger partial charge on any atom is -0.444 e. The second kappa shape index (κ2) is 4.60. The Labute approximate surface area is 85.9 Å². The van der Waals surface area contributed by atoms with Gasteiger partial charge in [0.05, 0.1) is 12.2 Å². The van der Waals surface area contributed by atoms with Gasteiger partial charge in [-0.2, -0.15) is 0 Å². The average molecular weight is 196 g/mol. The van der Waals surface area contributed by atoms with E-state index in [1.54, 1.807) is 0 Å². The number of nitrogens with zero attached hydrogens (tertiary/aromatic N) is 1.